The summed E-state index contributed by atoms with van der Waals surface area (Å²) in [4.78, 5) is 8.88. The Balaban J connectivity index is 2.18. The van der Waals surface area contributed by atoms with Gasteiger partial charge >= 0.3 is 0 Å². The number of nitrogens with one attached hydrogen (secondary N) is 1. The maximum absolute atomic E-state index is 4.51. The van der Waals surface area contributed by atoms with Crippen molar-refractivity contribution >= 4 is 0 Å². The lowest BCUT2D eigenvalue weighted by Crippen LogP contribution is -2.35. The molecule has 2 aromatic heterocycles. The van der Waals surface area contributed by atoms with E-state index in [1.807, 2.05) is 32.3 Å². The molecule has 0 aliphatic carbocycles. The van der Waals surface area contributed by atoms with Crippen LogP contribution >= 0.6 is 0 Å². The Morgan fingerprint density at radius 2 is 2.00 bits per heavy atom. The van der Waals surface area contributed by atoms with Crippen LogP contribution in [0.2, 0.25) is 0 Å². The Labute approximate surface area is 114 Å². The first-order valence-electron chi connectivity index (χ1n) is 6.45. The predicted octanol–water partition coefficient (Wildman–Crippen LogP) is 2.17. The molecule has 0 fully saturated rings. The van der Waals surface area contributed by atoms with Crippen LogP contribution in [-0.4, -0.2) is 25.3 Å². The van der Waals surface area contributed by atoms with E-state index in [1.54, 1.807) is 4.68 Å². The van der Waals surface area contributed by atoms with E-state index in [0.717, 1.165) is 23.5 Å². The summed E-state index contributed by atoms with van der Waals surface area (Å²) in [5.41, 5.74) is 3.14. The fourth-order valence-corrected chi connectivity index (χ4v) is 1.65. The third-order valence-corrected chi connectivity index (χ3v) is 2.80. The van der Waals surface area contributed by atoms with Crippen molar-refractivity contribution in [2.75, 3.05) is 0 Å². The largest absolute Gasteiger partial charge is 0.308 e. The van der Waals surface area contributed by atoms with Gasteiger partial charge in [0.15, 0.2) is 0 Å². The van der Waals surface area contributed by atoms with Crippen molar-refractivity contribution in [2.45, 2.75) is 46.7 Å². The zero-order valence-corrected chi connectivity index (χ0v) is 12.2. The standard InChI is InChI=1S/C14H21N5/c1-10-6-7-19(18-10)13-15-8-12(11(2)17-13)9-16-14(3,4)5/h6-8,16H,9H2,1-5H3. The Morgan fingerprint density at radius 1 is 1.26 bits per heavy atom. The Kier molecular flexibility index (Phi) is 3.66. The lowest BCUT2D eigenvalue weighted by atomic mass is 10.1. The van der Waals surface area contributed by atoms with Crippen molar-refractivity contribution < 1.29 is 0 Å². The SMILES string of the molecule is Cc1ccn(-c2ncc(CNC(C)(C)C)c(C)n2)n1. The summed E-state index contributed by atoms with van der Waals surface area (Å²) < 4.78 is 1.70. The van der Waals surface area contributed by atoms with Gasteiger partial charge in [-0.2, -0.15) is 5.10 Å². The maximum atomic E-state index is 4.51. The topological polar surface area (TPSA) is 55.6 Å². The average molecular weight is 259 g/mol. The molecule has 0 saturated carbocycles. The molecule has 0 aliphatic heterocycles. The van der Waals surface area contributed by atoms with Crippen LogP contribution in [0.1, 0.15) is 37.7 Å². The zero-order chi connectivity index (χ0) is 14.0. The minimum absolute atomic E-state index is 0.0875. The molecule has 102 valence electrons. The van der Waals surface area contributed by atoms with E-state index >= 15 is 0 Å². The van der Waals surface area contributed by atoms with Gasteiger partial charge in [-0.3, -0.25) is 0 Å². The molecule has 1 N–H and O–H groups in total. The number of hydrogen-bond donors (Lipinski definition) is 1. The van der Waals surface area contributed by atoms with Crippen molar-refractivity contribution in [3.8, 4) is 5.95 Å². The van der Waals surface area contributed by atoms with Gasteiger partial charge in [0, 0.05) is 35.7 Å². The van der Waals surface area contributed by atoms with E-state index in [4.69, 9.17) is 0 Å². The molecule has 0 saturated heterocycles. The number of nitrogens with zero attached hydrogens (tertiary/aromatic N) is 4. The Morgan fingerprint density at radius 3 is 2.53 bits per heavy atom. The van der Waals surface area contributed by atoms with Gasteiger partial charge in [-0.25, -0.2) is 14.6 Å². The van der Waals surface area contributed by atoms with Crippen molar-refractivity contribution in [1.29, 1.82) is 0 Å². The summed E-state index contributed by atoms with van der Waals surface area (Å²) in [6, 6.07) is 1.94. The summed E-state index contributed by atoms with van der Waals surface area (Å²) in [7, 11) is 0. The first-order valence-corrected chi connectivity index (χ1v) is 6.45. The molecule has 0 unspecified atom stereocenters. The molecule has 0 amide bonds. The van der Waals surface area contributed by atoms with Crippen LogP contribution in [0.25, 0.3) is 5.95 Å². The van der Waals surface area contributed by atoms with Crippen LogP contribution in [0.5, 0.6) is 0 Å². The van der Waals surface area contributed by atoms with Crippen LogP contribution in [0.4, 0.5) is 0 Å². The predicted molar refractivity (Wildman–Crippen MR) is 75.2 cm³/mol. The lowest BCUT2D eigenvalue weighted by molar-refractivity contribution is 0.423. The fourth-order valence-electron chi connectivity index (χ4n) is 1.65. The number of aromatic nitrogens is 4. The molecular weight excluding hydrogens is 238 g/mol. The zero-order valence-electron chi connectivity index (χ0n) is 12.2. The van der Waals surface area contributed by atoms with Gasteiger partial charge in [0.25, 0.3) is 5.95 Å². The van der Waals surface area contributed by atoms with Crippen molar-refractivity contribution in [3.63, 3.8) is 0 Å². The van der Waals surface area contributed by atoms with E-state index < -0.39 is 0 Å². The Bertz CT molecular complexity index is 565. The minimum atomic E-state index is 0.0875. The van der Waals surface area contributed by atoms with Gasteiger partial charge < -0.3 is 5.32 Å². The van der Waals surface area contributed by atoms with Crippen LogP contribution in [-0.2, 0) is 6.54 Å². The number of hydrogen-bond acceptors (Lipinski definition) is 4. The molecule has 0 atom stereocenters. The second-order valence-corrected chi connectivity index (χ2v) is 5.79. The highest BCUT2D eigenvalue weighted by atomic mass is 15.3. The molecule has 0 spiro atoms. The average Bonchev–Trinajstić information content (AvgIpc) is 2.73. The molecule has 2 rings (SSSR count). The van der Waals surface area contributed by atoms with Gasteiger partial charge in [0.1, 0.15) is 0 Å². The van der Waals surface area contributed by atoms with Crippen LogP contribution in [0, 0.1) is 13.8 Å². The molecule has 0 aliphatic rings. The molecule has 0 bridgehead atoms. The van der Waals surface area contributed by atoms with Crippen LogP contribution < -0.4 is 5.32 Å². The van der Waals surface area contributed by atoms with E-state index in [-0.39, 0.29) is 5.54 Å². The molecular formula is C14H21N5. The number of aryl methyl sites for hydroxylation is 2. The quantitative estimate of drug-likeness (QED) is 0.917. The maximum Gasteiger partial charge on any atom is 0.250 e. The molecule has 0 radical (unpaired) electrons. The van der Waals surface area contributed by atoms with E-state index in [1.165, 1.54) is 0 Å². The minimum Gasteiger partial charge on any atom is -0.308 e. The first-order chi connectivity index (χ1) is 8.85. The molecule has 2 aromatic rings. The molecule has 5 nitrogen and oxygen atoms in total. The van der Waals surface area contributed by atoms with Crippen LogP contribution in [0.3, 0.4) is 0 Å². The van der Waals surface area contributed by atoms with Crippen molar-refractivity contribution in [3.05, 3.63) is 35.4 Å². The summed E-state index contributed by atoms with van der Waals surface area (Å²) in [6.07, 6.45) is 3.74. The summed E-state index contributed by atoms with van der Waals surface area (Å²) in [5.74, 6) is 0.616. The Hall–Kier alpha value is -1.75. The molecule has 5 heteroatoms. The number of rotatable bonds is 3. The van der Waals surface area contributed by atoms with Gasteiger partial charge in [-0.15, -0.1) is 0 Å². The van der Waals surface area contributed by atoms with Gasteiger partial charge in [-0.05, 0) is 40.7 Å². The van der Waals surface area contributed by atoms with E-state index in [9.17, 15) is 0 Å². The third kappa shape index (κ3) is 3.61. The van der Waals surface area contributed by atoms with Crippen molar-refractivity contribution in [1.82, 2.24) is 25.1 Å². The monoisotopic (exact) mass is 259 g/mol. The first kappa shape index (κ1) is 13.7. The van der Waals surface area contributed by atoms with Crippen LogP contribution in [0.15, 0.2) is 18.5 Å². The van der Waals surface area contributed by atoms with Crippen molar-refractivity contribution in [2.24, 2.45) is 0 Å². The molecule has 0 aromatic carbocycles. The summed E-state index contributed by atoms with van der Waals surface area (Å²) >= 11 is 0. The van der Waals surface area contributed by atoms with Gasteiger partial charge in [0.2, 0.25) is 0 Å². The van der Waals surface area contributed by atoms with E-state index in [2.05, 4.69) is 41.2 Å². The molecule has 19 heavy (non-hydrogen) atoms. The summed E-state index contributed by atoms with van der Waals surface area (Å²) in [5, 5.41) is 7.75. The highest BCUT2D eigenvalue weighted by Crippen LogP contribution is 2.09. The normalized spacial score (nSPS) is 11.8. The molecule has 2 heterocycles. The second-order valence-electron chi connectivity index (χ2n) is 5.79. The van der Waals surface area contributed by atoms with E-state index in [0.29, 0.717) is 5.95 Å². The highest BCUT2D eigenvalue weighted by molar-refractivity contribution is 5.21. The van der Waals surface area contributed by atoms with Gasteiger partial charge in [0.05, 0.1) is 5.69 Å². The second kappa shape index (κ2) is 5.09. The van der Waals surface area contributed by atoms with Gasteiger partial charge in [-0.1, -0.05) is 0 Å². The highest BCUT2D eigenvalue weighted by Gasteiger charge is 2.11. The fraction of sp³-hybridized carbons (Fsp3) is 0.500. The third-order valence-electron chi connectivity index (χ3n) is 2.80. The smallest absolute Gasteiger partial charge is 0.250 e. The summed E-state index contributed by atoms with van der Waals surface area (Å²) in [6.45, 7) is 11.2. The lowest BCUT2D eigenvalue weighted by Gasteiger charge is -2.21.